The third-order valence-electron chi connectivity index (χ3n) is 4.02. The third kappa shape index (κ3) is 4.84. The lowest BCUT2D eigenvalue weighted by Gasteiger charge is -2.26. The van der Waals surface area contributed by atoms with E-state index in [1.807, 2.05) is 14.1 Å². The first-order valence-electron chi connectivity index (χ1n) is 7.44. The molecule has 0 N–H and O–H groups in total. The summed E-state index contributed by atoms with van der Waals surface area (Å²) < 4.78 is 7.06. The largest absolute Gasteiger partial charge is 0.493 e. The summed E-state index contributed by atoms with van der Waals surface area (Å²) >= 11 is 0. The van der Waals surface area contributed by atoms with Crippen molar-refractivity contribution in [2.45, 2.75) is 40.7 Å². The number of carbonyl (C=O) groups excluding carboxylic acids is 1. The lowest BCUT2D eigenvalue weighted by atomic mass is 9.79. The maximum atomic E-state index is 12.7. The lowest BCUT2D eigenvalue weighted by Crippen LogP contribution is -2.24. The molecule has 120 valence electrons. The van der Waals surface area contributed by atoms with Crippen LogP contribution in [0.3, 0.4) is 0 Å². The summed E-state index contributed by atoms with van der Waals surface area (Å²) in [4.78, 5) is 14.7. The Kier molecular flexibility index (Phi) is 5.96. The Morgan fingerprint density at radius 3 is 2.52 bits per heavy atom. The molecule has 1 aromatic heterocycles. The van der Waals surface area contributed by atoms with Crippen LogP contribution < -0.4 is 4.74 Å². The molecule has 0 aliphatic carbocycles. The fourth-order valence-electron chi connectivity index (χ4n) is 1.94. The zero-order valence-electron chi connectivity index (χ0n) is 14.4. The van der Waals surface area contributed by atoms with E-state index >= 15 is 0 Å². The Hall–Kier alpha value is -1.36. The summed E-state index contributed by atoms with van der Waals surface area (Å²) in [6, 6.07) is 0. The van der Waals surface area contributed by atoms with E-state index in [2.05, 4.69) is 37.7 Å². The van der Waals surface area contributed by atoms with Crippen molar-refractivity contribution in [2.24, 2.45) is 11.3 Å². The number of rotatable bonds is 7. The van der Waals surface area contributed by atoms with Crippen LogP contribution in [0.25, 0.3) is 0 Å². The molecule has 1 atom stereocenters. The average Bonchev–Trinajstić information content (AvgIpc) is 2.77. The predicted molar refractivity (Wildman–Crippen MR) is 84.9 cm³/mol. The van der Waals surface area contributed by atoms with Gasteiger partial charge in [0, 0.05) is 13.0 Å². The van der Waals surface area contributed by atoms with E-state index in [1.165, 1.54) is 0 Å². The van der Waals surface area contributed by atoms with Gasteiger partial charge in [0.2, 0.25) is 0 Å². The molecule has 1 heterocycles. The second kappa shape index (κ2) is 7.07. The van der Waals surface area contributed by atoms with Crippen LogP contribution in [-0.2, 0) is 6.54 Å². The van der Waals surface area contributed by atoms with Gasteiger partial charge in [0.25, 0.3) is 0 Å². The predicted octanol–water partition coefficient (Wildman–Crippen LogP) is 2.71. The normalized spacial score (nSPS) is 13.5. The number of Topliss-reactive ketones (excluding diaryl/α,β-unsaturated/α-hetero) is 1. The highest BCUT2D eigenvalue weighted by Crippen LogP contribution is 2.30. The molecule has 0 aromatic carbocycles. The van der Waals surface area contributed by atoms with Crippen LogP contribution in [0.2, 0.25) is 0 Å². The smallest absolute Gasteiger partial charge is 0.184 e. The van der Waals surface area contributed by atoms with Crippen LogP contribution in [0.4, 0.5) is 0 Å². The van der Waals surface area contributed by atoms with Crippen LogP contribution in [0, 0.1) is 11.3 Å². The van der Waals surface area contributed by atoms with E-state index in [-0.39, 0.29) is 11.2 Å². The Labute approximate surface area is 128 Å². The summed E-state index contributed by atoms with van der Waals surface area (Å²) in [7, 11) is 5.59. The topological polar surface area (TPSA) is 47.4 Å². The molecule has 5 heteroatoms. The maximum Gasteiger partial charge on any atom is 0.184 e. The van der Waals surface area contributed by atoms with Crippen LogP contribution in [0.15, 0.2) is 6.20 Å². The number of ether oxygens (including phenoxy) is 1. The first kappa shape index (κ1) is 17.7. The summed E-state index contributed by atoms with van der Waals surface area (Å²) in [5, 5.41) is 4.29. The zero-order chi connectivity index (χ0) is 16.2. The highest BCUT2D eigenvalue weighted by molar-refractivity contribution is 5.97. The van der Waals surface area contributed by atoms with Gasteiger partial charge in [-0.2, -0.15) is 5.10 Å². The second-order valence-corrected chi connectivity index (χ2v) is 6.98. The fourth-order valence-corrected chi connectivity index (χ4v) is 1.94. The first-order chi connectivity index (χ1) is 9.66. The summed E-state index contributed by atoms with van der Waals surface area (Å²) in [6.45, 7) is 10.1. The summed E-state index contributed by atoms with van der Waals surface area (Å²) in [5.41, 5.74) is 0.702. The summed E-state index contributed by atoms with van der Waals surface area (Å²) in [5.74, 6) is 0.970. The van der Waals surface area contributed by atoms with E-state index in [9.17, 15) is 4.79 Å². The molecule has 0 bridgehead atoms. The Balaban J connectivity index is 2.93. The minimum atomic E-state index is 0.102. The van der Waals surface area contributed by atoms with E-state index in [4.69, 9.17) is 4.74 Å². The van der Waals surface area contributed by atoms with Crippen LogP contribution in [0.5, 0.6) is 5.75 Å². The number of hydrogen-bond donors (Lipinski definition) is 0. The van der Waals surface area contributed by atoms with Crippen LogP contribution >= 0.6 is 0 Å². The van der Waals surface area contributed by atoms with Gasteiger partial charge in [-0.3, -0.25) is 9.48 Å². The number of ketones is 1. The maximum absolute atomic E-state index is 12.7. The molecule has 0 spiro atoms. The highest BCUT2D eigenvalue weighted by Gasteiger charge is 2.26. The zero-order valence-corrected chi connectivity index (χ0v) is 14.4. The molecular formula is C16H29N3O2. The molecule has 0 radical (unpaired) electrons. The minimum absolute atomic E-state index is 0.102. The van der Waals surface area contributed by atoms with E-state index in [0.29, 0.717) is 30.3 Å². The second-order valence-electron chi connectivity index (χ2n) is 6.98. The van der Waals surface area contributed by atoms with Crippen molar-refractivity contribution >= 4 is 5.78 Å². The van der Waals surface area contributed by atoms with Crippen molar-refractivity contribution in [3.8, 4) is 5.75 Å². The number of carbonyl (C=O) groups is 1. The van der Waals surface area contributed by atoms with Crippen LogP contribution in [-0.4, -0.2) is 48.2 Å². The van der Waals surface area contributed by atoms with Gasteiger partial charge >= 0.3 is 0 Å². The number of methoxy groups -OCH3 is 1. The molecule has 1 aromatic rings. The third-order valence-corrected chi connectivity index (χ3v) is 4.02. The van der Waals surface area contributed by atoms with Crippen LogP contribution in [0.1, 0.15) is 44.6 Å². The standard InChI is InChI=1S/C16H29N3O2/c1-12(16(2,3)4)10-13(20)15-14(21-7)11-17-19(15)9-8-18(5)6/h11-12H,8-10H2,1-7H3. The fraction of sp³-hybridized carbons (Fsp3) is 0.750. The van der Waals surface area contributed by atoms with Gasteiger partial charge in [0.1, 0.15) is 5.69 Å². The van der Waals surface area contributed by atoms with Crippen molar-refractivity contribution in [2.75, 3.05) is 27.7 Å². The van der Waals surface area contributed by atoms with Gasteiger partial charge in [-0.15, -0.1) is 0 Å². The molecular weight excluding hydrogens is 266 g/mol. The molecule has 0 saturated heterocycles. The van der Waals surface area contributed by atoms with Crippen molar-refractivity contribution in [3.05, 3.63) is 11.9 Å². The van der Waals surface area contributed by atoms with Crippen molar-refractivity contribution in [1.82, 2.24) is 14.7 Å². The number of likely N-dealkylation sites (N-methyl/N-ethyl adjacent to an activating group) is 1. The van der Waals surface area contributed by atoms with E-state index in [1.54, 1.807) is 18.0 Å². The van der Waals surface area contributed by atoms with Gasteiger partial charge < -0.3 is 9.64 Å². The van der Waals surface area contributed by atoms with E-state index in [0.717, 1.165) is 6.54 Å². The van der Waals surface area contributed by atoms with Crippen molar-refractivity contribution in [3.63, 3.8) is 0 Å². The van der Waals surface area contributed by atoms with Gasteiger partial charge in [-0.1, -0.05) is 27.7 Å². The first-order valence-corrected chi connectivity index (χ1v) is 7.44. The Bertz CT molecular complexity index is 472. The Morgan fingerprint density at radius 1 is 1.43 bits per heavy atom. The van der Waals surface area contributed by atoms with Gasteiger partial charge in [0.15, 0.2) is 11.5 Å². The molecule has 0 amide bonds. The SMILES string of the molecule is COc1cnn(CCN(C)C)c1C(=O)CC(C)C(C)(C)C. The number of nitrogens with zero attached hydrogens (tertiary/aromatic N) is 3. The number of hydrogen-bond acceptors (Lipinski definition) is 4. The van der Waals surface area contributed by atoms with Gasteiger partial charge in [-0.25, -0.2) is 0 Å². The monoisotopic (exact) mass is 295 g/mol. The minimum Gasteiger partial charge on any atom is -0.493 e. The van der Waals surface area contributed by atoms with Crippen molar-refractivity contribution < 1.29 is 9.53 Å². The number of aromatic nitrogens is 2. The van der Waals surface area contributed by atoms with Gasteiger partial charge in [0.05, 0.1) is 19.9 Å². The molecule has 0 saturated carbocycles. The summed E-state index contributed by atoms with van der Waals surface area (Å²) in [6.07, 6.45) is 2.14. The molecule has 0 aliphatic rings. The molecule has 21 heavy (non-hydrogen) atoms. The molecule has 5 nitrogen and oxygen atoms in total. The molecule has 1 rings (SSSR count). The van der Waals surface area contributed by atoms with Gasteiger partial charge in [-0.05, 0) is 25.4 Å². The van der Waals surface area contributed by atoms with Crippen molar-refractivity contribution in [1.29, 1.82) is 0 Å². The highest BCUT2D eigenvalue weighted by atomic mass is 16.5. The average molecular weight is 295 g/mol. The Morgan fingerprint density at radius 2 is 2.05 bits per heavy atom. The van der Waals surface area contributed by atoms with E-state index < -0.39 is 0 Å². The quantitative estimate of drug-likeness (QED) is 0.726. The molecule has 1 unspecified atom stereocenters. The molecule has 0 fully saturated rings. The molecule has 0 aliphatic heterocycles. The lowest BCUT2D eigenvalue weighted by molar-refractivity contribution is 0.0912.